The lowest BCUT2D eigenvalue weighted by Gasteiger charge is -2.21. The van der Waals surface area contributed by atoms with E-state index in [9.17, 15) is 0 Å². The molecule has 0 saturated heterocycles. The number of nitrogens with one attached hydrogen (secondary N) is 1. The molecule has 4 nitrogen and oxygen atoms in total. The topological polar surface area (TPSA) is 42.7 Å². The van der Waals surface area contributed by atoms with Crippen LogP contribution in [0, 0.1) is 0 Å². The Kier molecular flexibility index (Phi) is 2.43. The fourth-order valence-corrected chi connectivity index (χ4v) is 3.52. The van der Waals surface area contributed by atoms with Crippen LogP contribution in [0.25, 0.3) is 21.5 Å². The molecule has 0 amide bonds. The first-order chi connectivity index (χ1) is 9.33. The number of pyridine rings is 1. The molecule has 0 spiro atoms. The van der Waals surface area contributed by atoms with Gasteiger partial charge in [0.25, 0.3) is 0 Å². The van der Waals surface area contributed by atoms with Crippen LogP contribution in [0.1, 0.15) is 18.7 Å². The fraction of sp³-hybridized carbons (Fsp3) is 0.286. The van der Waals surface area contributed by atoms with Crippen LogP contribution in [-0.4, -0.2) is 21.3 Å². The zero-order valence-corrected chi connectivity index (χ0v) is 11.4. The van der Waals surface area contributed by atoms with E-state index < -0.39 is 0 Å². The number of hydrogen-bond acceptors (Lipinski definition) is 4. The highest BCUT2D eigenvalue weighted by atomic mass is 32.1. The molecule has 1 aliphatic rings. The number of hydrogen-bond donors (Lipinski definition) is 1. The van der Waals surface area contributed by atoms with E-state index in [0.717, 1.165) is 24.3 Å². The van der Waals surface area contributed by atoms with E-state index in [0.29, 0.717) is 6.04 Å². The molecule has 1 aliphatic heterocycles. The van der Waals surface area contributed by atoms with Crippen LogP contribution in [0.15, 0.2) is 29.8 Å². The molecule has 0 aliphatic carbocycles. The van der Waals surface area contributed by atoms with E-state index in [1.54, 1.807) is 11.3 Å². The molecule has 1 unspecified atom stereocenters. The third-order valence-corrected chi connectivity index (χ3v) is 4.53. The van der Waals surface area contributed by atoms with Gasteiger partial charge in [-0.05, 0) is 30.5 Å². The molecule has 19 heavy (non-hydrogen) atoms. The van der Waals surface area contributed by atoms with Crippen LogP contribution in [0.4, 0.5) is 0 Å². The van der Waals surface area contributed by atoms with Crippen molar-refractivity contribution in [2.45, 2.75) is 19.5 Å². The Balaban J connectivity index is 1.91. The van der Waals surface area contributed by atoms with Gasteiger partial charge in [0, 0.05) is 24.8 Å². The van der Waals surface area contributed by atoms with Gasteiger partial charge >= 0.3 is 0 Å². The minimum absolute atomic E-state index is 0.415. The summed E-state index contributed by atoms with van der Waals surface area (Å²) in [6.45, 7) is 4.08. The van der Waals surface area contributed by atoms with Crippen molar-refractivity contribution in [1.82, 2.24) is 20.1 Å². The number of aromatic nitrogens is 3. The van der Waals surface area contributed by atoms with Crippen molar-refractivity contribution in [3.63, 3.8) is 0 Å². The second-order valence-electron chi connectivity index (χ2n) is 4.94. The molecule has 1 N–H and O–H groups in total. The van der Waals surface area contributed by atoms with Crippen molar-refractivity contribution in [3.8, 4) is 11.3 Å². The zero-order valence-electron chi connectivity index (χ0n) is 10.6. The van der Waals surface area contributed by atoms with Crippen molar-refractivity contribution >= 4 is 21.6 Å². The summed E-state index contributed by atoms with van der Waals surface area (Å²) in [6.07, 6.45) is 1.87. The second kappa shape index (κ2) is 4.15. The molecule has 0 radical (unpaired) electrons. The van der Waals surface area contributed by atoms with Gasteiger partial charge in [0.15, 0.2) is 0 Å². The summed E-state index contributed by atoms with van der Waals surface area (Å²) in [7, 11) is 0. The van der Waals surface area contributed by atoms with E-state index in [4.69, 9.17) is 5.10 Å². The smallest absolute Gasteiger partial charge is 0.0942 e. The average molecular weight is 270 g/mol. The summed E-state index contributed by atoms with van der Waals surface area (Å²) in [6, 6.07) is 6.73. The molecule has 96 valence electrons. The van der Waals surface area contributed by atoms with Crippen LogP contribution in [0.2, 0.25) is 0 Å². The maximum Gasteiger partial charge on any atom is 0.0942 e. The Hall–Kier alpha value is -1.72. The molecular formula is C14H14N4S. The Morgan fingerprint density at radius 3 is 3.26 bits per heavy atom. The maximum atomic E-state index is 4.79. The molecule has 5 heteroatoms. The molecule has 3 aromatic rings. The van der Waals surface area contributed by atoms with Crippen molar-refractivity contribution in [1.29, 1.82) is 0 Å². The van der Waals surface area contributed by atoms with Gasteiger partial charge in [-0.3, -0.25) is 9.67 Å². The molecule has 0 saturated carbocycles. The summed E-state index contributed by atoms with van der Waals surface area (Å²) in [4.78, 5) is 4.39. The van der Waals surface area contributed by atoms with E-state index in [-0.39, 0.29) is 0 Å². The van der Waals surface area contributed by atoms with Gasteiger partial charge in [0.2, 0.25) is 0 Å². The minimum Gasteiger partial charge on any atom is -0.309 e. The first kappa shape index (κ1) is 11.1. The molecule has 4 heterocycles. The van der Waals surface area contributed by atoms with Crippen LogP contribution >= 0.6 is 11.3 Å². The Morgan fingerprint density at radius 2 is 2.37 bits per heavy atom. The van der Waals surface area contributed by atoms with E-state index in [2.05, 4.69) is 45.5 Å². The first-order valence-corrected chi connectivity index (χ1v) is 7.32. The van der Waals surface area contributed by atoms with Crippen molar-refractivity contribution in [2.75, 3.05) is 6.54 Å². The third kappa shape index (κ3) is 1.69. The Morgan fingerprint density at radius 1 is 1.42 bits per heavy atom. The summed E-state index contributed by atoms with van der Waals surface area (Å²) in [5, 5.41) is 10.3. The zero-order chi connectivity index (χ0) is 12.8. The second-order valence-corrected chi connectivity index (χ2v) is 5.86. The van der Waals surface area contributed by atoms with E-state index in [1.165, 1.54) is 16.0 Å². The molecule has 0 aromatic carbocycles. The Bertz CT molecular complexity index is 743. The highest BCUT2D eigenvalue weighted by molar-refractivity contribution is 7.17. The lowest BCUT2D eigenvalue weighted by Crippen LogP contribution is -2.31. The molecular weight excluding hydrogens is 256 g/mol. The number of nitrogens with zero attached hydrogens (tertiary/aromatic N) is 3. The summed E-state index contributed by atoms with van der Waals surface area (Å²) in [5.74, 6) is 0. The molecule has 1 atom stereocenters. The van der Waals surface area contributed by atoms with Crippen molar-refractivity contribution in [2.24, 2.45) is 0 Å². The van der Waals surface area contributed by atoms with Gasteiger partial charge in [0.1, 0.15) is 0 Å². The van der Waals surface area contributed by atoms with Gasteiger partial charge < -0.3 is 5.32 Å². The molecule has 0 fully saturated rings. The van der Waals surface area contributed by atoms with Gasteiger partial charge in [-0.25, -0.2) is 0 Å². The highest BCUT2D eigenvalue weighted by Crippen LogP contribution is 2.31. The summed E-state index contributed by atoms with van der Waals surface area (Å²) in [5.41, 5.74) is 4.56. The molecule has 4 rings (SSSR count). The highest BCUT2D eigenvalue weighted by Gasteiger charge is 2.19. The maximum absolute atomic E-state index is 4.79. The van der Waals surface area contributed by atoms with Crippen LogP contribution in [0.3, 0.4) is 0 Å². The van der Waals surface area contributed by atoms with Gasteiger partial charge in [-0.2, -0.15) is 5.10 Å². The van der Waals surface area contributed by atoms with Crippen LogP contribution < -0.4 is 5.32 Å². The van der Waals surface area contributed by atoms with Crippen LogP contribution in [-0.2, 0) is 6.54 Å². The van der Waals surface area contributed by atoms with Gasteiger partial charge in [-0.15, -0.1) is 11.3 Å². The van der Waals surface area contributed by atoms with E-state index in [1.807, 2.05) is 6.20 Å². The lowest BCUT2D eigenvalue weighted by atomic mass is 10.1. The number of fused-ring (bicyclic) bond motifs is 2. The summed E-state index contributed by atoms with van der Waals surface area (Å²) < 4.78 is 3.37. The first-order valence-electron chi connectivity index (χ1n) is 6.44. The largest absolute Gasteiger partial charge is 0.309 e. The molecule has 0 bridgehead atoms. The van der Waals surface area contributed by atoms with Gasteiger partial charge in [-0.1, -0.05) is 0 Å². The third-order valence-electron chi connectivity index (χ3n) is 3.60. The van der Waals surface area contributed by atoms with E-state index >= 15 is 0 Å². The monoisotopic (exact) mass is 270 g/mol. The van der Waals surface area contributed by atoms with Crippen molar-refractivity contribution < 1.29 is 0 Å². The predicted octanol–water partition coefficient (Wildman–Crippen LogP) is 2.82. The average Bonchev–Trinajstić information content (AvgIpc) is 3.05. The quantitative estimate of drug-likeness (QED) is 0.739. The summed E-state index contributed by atoms with van der Waals surface area (Å²) >= 11 is 1.73. The minimum atomic E-state index is 0.415. The van der Waals surface area contributed by atoms with Gasteiger partial charge in [0.05, 0.1) is 27.6 Å². The SMILES string of the molecule is CC1CNCc2cc(-c3ccnc4ccsc34)nn21. The fourth-order valence-electron chi connectivity index (χ4n) is 2.65. The lowest BCUT2D eigenvalue weighted by molar-refractivity contribution is 0.392. The Labute approximate surface area is 115 Å². The number of rotatable bonds is 1. The van der Waals surface area contributed by atoms with Crippen molar-refractivity contribution in [3.05, 3.63) is 35.5 Å². The predicted molar refractivity (Wildman–Crippen MR) is 77.3 cm³/mol. The normalized spacial score (nSPS) is 18.7. The number of thiophene rings is 1. The standard InChI is InChI=1S/C14H14N4S/c1-9-7-15-8-10-6-13(17-18(9)10)11-2-4-16-12-3-5-19-14(11)12/h2-6,9,15H,7-8H2,1H3. The van der Waals surface area contributed by atoms with Crippen LogP contribution in [0.5, 0.6) is 0 Å². The molecule has 3 aromatic heterocycles.